The van der Waals surface area contributed by atoms with Gasteiger partial charge in [-0.1, -0.05) is 24.3 Å². The fourth-order valence-electron chi connectivity index (χ4n) is 2.30. The monoisotopic (exact) mass is 313 g/mol. The fourth-order valence-corrected chi connectivity index (χ4v) is 3.61. The molecule has 1 aliphatic heterocycles. The lowest BCUT2D eigenvalue weighted by molar-refractivity contribution is -0.139. The first-order valence-corrected chi connectivity index (χ1v) is 7.81. The van der Waals surface area contributed by atoms with Crippen LogP contribution in [0, 0.1) is 0 Å². The van der Waals surface area contributed by atoms with E-state index in [1.54, 1.807) is 24.3 Å². The summed E-state index contributed by atoms with van der Waals surface area (Å²) < 4.78 is 29.7. The van der Waals surface area contributed by atoms with Gasteiger partial charge < -0.3 is 9.84 Å². The van der Waals surface area contributed by atoms with E-state index in [0.717, 1.165) is 11.4 Å². The molecule has 0 spiro atoms. The van der Waals surface area contributed by atoms with Crippen molar-refractivity contribution in [2.45, 2.75) is 12.5 Å². The van der Waals surface area contributed by atoms with Gasteiger partial charge in [0, 0.05) is 13.1 Å². The topological polar surface area (TPSA) is 101 Å². The van der Waals surface area contributed by atoms with Crippen molar-refractivity contribution in [2.75, 3.05) is 19.4 Å². The van der Waals surface area contributed by atoms with Crippen molar-refractivity contribution >= 4 is 22.0 Å². The summed E-state index contributed by atoms with van der Waals surface area (Å²) in [4.78, 5) is 22.5. The van der Waals surface area contributed by atoms with Crippen molar-refractivity contribution in [3.05, 3.63) is 35.4 Å². The Bertz CT molecular complexity index is 669. The first-order chi connectivity index (χ1) is 9.85. The number of carbonyl (C=O) groups excluding carboxylic acids is 1. The van der Waals surface area contributed by atoms with E-state index in [2.05, 4.69) is 4.74 Å². The number of carbonyl (C=O) groups is 2. The highest BCUT2D eigenvalue weighted by Gasteiger charge is 2.36. The molecule has 114 valence electrons. The number of carboxylic acid groups (broad SMARTS) is 1. The average molecular weight is 313 g/mol. The highest BCUT2D eigenvalue weighted by molar-refractivity contribution is 7.89. The third-order valence-electron chi connectivity index (χ3n) is 3.38. The van der Waals surface area contributed by atoms with Gasteiger partial charge in [-0.2, -0.15) is 4.31 Å². The molecule has 1 aromatic carbocycles. The van der Waals surface area contributed by atoms with Crippen LogP contribution in [0.4, 0.5) is 0 Å². The van der Waals surface area contributed by atoms with Crippen LogP contribution < -0.4 is 0 Å². The van der Waals surface area contributed by atoms with Crippen LogP contribution in [-0.4, -0.2) is 49.2 Å². The summed E-state index contributed by atoms with van der Waals surface area (Å²) >= 11 is 0. The predicted molar refractivity (Wildman–Crippen MR) is 73.0 cm³/mol. The Balaban J connectivity index is 2.33. The molecule has 1 N–H and O–H groups in total. The van der Waals surface area contributed by atoms with Crippen molar-refractivity contribution in [1.29, 1.82) is 0 Å². The maximum Gasteiger partial charge on any atom is 0.322 e. The summed E-state index contributed by atoms with van der Waals surface area (Å²) in [5.41, 5.74) is 1.24. The van der Waals surface area contributed by atoms with Gasteiger partial charge in [0.2, 0.25) is 10.0 Å². The van der Waals surface area contributed by atoms with Crippen LogP contribution in [0.3, 0.4) is 0 Å². The van der Waals surface area contributed by atoms with Gasteiger partial charge in [-0.15, -0.1) is 0 Å². The lowest BCUT2D eigenvalue weighted by atomic mass is 9.91. The molecule has 1 aromatic rings. The number of hydrogen-bond donors (Lipinski definition) is 1. The second kappa shape index (κ2) is 5.82. The minimum atomic E-state index is -3.91. The van der Waals surface area contributed by atoms with Gasteiger partial charge >= 0.3 is 11.9 Å². The Hall–Kier alpha value is -1.93. The Kier molecular flexibility index (Phi) is 4.29. The minimum Gasteiger partial charge on any atom is -0.481 e. The Morgan fingerprint density at radius 3 is 2.67 bits per heavy atom. The number of carboxylic acids is 1. The van der Waals surface area contributed by atoms with Gasteiger partial charge in [-0.05, 0) is 11.1 Å². The van der Waals surface area contributed by atoms with E-state index in [9.17, 15) is 23.1 Å². The van der Waals surface area contributed by atoms with E-state index >= 15 is 0 Å². The van der Waals surface area contributed by atoms with Crippen LogP contribution in [0.5, 0.6) is 0 Å². The van der Waals surface area contributed by atoms with E-state index in [1.807, 2.05) is 0 Å². The van der Waals surface area contributed by atoms with Crippen molar-refractivity contribution < 1.29 is 27.9 Å². The highest BCUT2D eigenvalue weighted by Crippen LogP contribution is 2.30. The number of rotatable bonds is 4. The average Bonchev–Trinajstić information content (AvgIpc) is 2.45. The number of esters is 1. The number of aliphatic carboxylic acids is 1. The van der Waals surface area contributed by atoms with E-state index in [0.29, 0.717) is 11.1 Å². The first kappa shape index (κ1) is 15.5. The van der Waals surface area contributed by atoms with Crippen molar-refractivity contribution in [3.8, 4) is 0 Å². The molecule has 2 rings (SSSR count). The second-order valence-corrected chi connectivity index (χ2v) is 6.68. The lowest BCUT2D eigenvalue weighted by Gasteiger charge is -2.31. The molecule has 0 bridgehead atoms. The molecule has 8 heteroatoms. The number of methoxy groups -OCH3 is 1. The highest BCUT2D eigenvalue weighted by atomic mass is 32.2. The van der Waals surface area contributed by atoms with Crippen molar-refractivity contribution in [1.82, 2.24) is 4.31 Å². The molecule has 1 heterocycles. The molecular weight excluding hydrogens is 298 g/mol. The molecule has 0 fully saturated rings. The number of ether oxygens (including phenoxy) is 1. The molecule has 1 aliphatic rings. The summed E-state index contributed by atoms with van der Waals surface area (Å²) in [5.74, 6) is -3.71. The molecule has 0 saturated carbocycles. The van der Waals surface area contributed by atoms with E-state index in [4.69, 9.17) is 0 Å². The van der Waals surface area contributed by atoms with E-state index < -0.39 is 33.6 Å². The first-order valence-electron chi connectivity index (χ1n) is 6.20. The number of sulfonamides is 1. The summed E-state index contributed by atoms with van der Waals surface area (Å²) in [6.07, 6.45) is 0. The van der Waals surface area contributed by atoms with Crippen molar-refractivity contribution in [3.63, 3.8) is 0 Å². The van der Waals surface area contributed by atoms with Gasteiger partial charge in [0.05, 0.1) is 13.0 Å². The molecule has 7 nitrogen and oxygen atoms in total. The van der Waals surface area contributed by atoms with Crippen LogP contribution in [0.15, 0.2) is 24.3 Å². The van der Waals surface area contributed by atoms with Gasteiger partial charge in [-0.3, -0.25) is 9.59 Å². The molecule has 1 atom stereocenters. The summed E-state index contributed by atoms with van der Waals surface area (Å²) in [5, 5.41) is 9.28. The normalized spacial score (nSPS) is 18.8. The Labute approximate surface area is 122 Å². The second-order valence-electron chi connectivity index (χ2n) is 4.71. The third-order valence-corrected chi connectivity index (χ3v) is 5.05. The SMILES string of the molecule is COC(=O)CS(=O)(=O)N1Cc2ccccc2C(C(=O)O)C1. The molecule has 0 saturated heterocycles. The smallest absolute Gasteiger partial charge is 0.322 e. The fraction of sp³-hybridized carbons (Fsp3) is 0.385. The maximum atomic E-state index is 12.2. The lowest BCUT2D eigenvalue weighted by Crippen LogP contribution is -2.42. The molecule has 0 radical (unpaired) electrons. The van der Waals surface area contributed by atoms with Gasteiger partial charge in [0.1, 0.15) is 0 Å². The Morgan fingerprint density at radius 1 is 1.38 bits per heavy atom. The minimum absolute atomic E-state index is 0.0548. The number of hydrogen-bond acceptors (Lipinski definition) is 5. The van der Waals surface area contributed by atoms with Crippen LogP contribution >= 0.6 is 0 Å². The Morgan fingerprint density at radius 2 is 2.05 bits per heavy atom. The quantitative estimate of drug-likeness (QED) is 0.795. The van der Waals surface area contributed by atoms with Crippen LogP contribution in [-0.2, 0) is 30.9 Å². The number of benzene rings is 1. The zero-order valence-electron chi connectivity index (χ0n) is 11.4. The van der Waals surface area contributed by atoms with E-state index in [1.165, 1.54) is 0 Å². The molecule has 0 aromatic heterocycles. The van der Waals surface area contributed by atoms with Gasteiger partial charge in [-0.25, -0.2) is 8.42 Å². The molecule has 1 unspecified atom stereocenters. The summed E-state index contributed by atoms with van der Waals surface area (Å²) in [7, 11) is -2.81. The maximum absolute atomic E-state index is 12.2. The van der Waals surface area contributed by atoms with Crippen LogP contribution in [0.25, 0.3) is 0 Å². The third kappa shape index (κ3) is 3.22. The number of nitrogens with zero attached hydrogens (tertiary/aromatic N) is 1. The molecular formula is C13H15NO6S. The van der Waals surface area contributed by atoms with Gasteiger partial charge in [0.15, 0.2) is 5.75 Å². The predicted octanol–water partition coefficient (Wildman–Crippen LogP) is 0.173. The van der Waals surface area contributed by atoms with Crippen LogP contribution in [0.2, 0.25) is 0 Å². The van der Waals surface area contributed by atoms with Gasteiger partial charge in [0.25, 0.3) is 0 Å². The molecule has 21 heavy (non-hydrogen) atoms. The van der Waals surface area contributed by atoms with Crippen molar-refractivity contribution in [2.24, 2.45) is 0 Å². The molecule has 0 amide bonds. The molecule has 0 aliphatic carbocycles. The largest absolute Gasteiger partial charge is 0.481 e. The summed E-state index contributed by atoms with van der Waals surface area (Å²) in [6, 6.07) is 6.80. The zero-order valence-corrected chi connectivity index (χ0v) is 12.2. The summed E-state index contributed by atoms with van der Waals surface area (Å²) in [6.45, 7) is -0.134. The standard InChI is InChI=1S/C13H15NO6S/c1-20-12(15)8-21(18,19)14-6-9-4-2-3-5-10(9)11(7-14)13(16)17/h2-5,11H,6-8H2,1H3,(H,16,17). The van der Waals surface area contributed by atoms with E-state index in [-0.39, 0.29) is 13.1 Å². The number of fused-ring (bicyclic) bond motifs is 1. The zero-order chi connectivity index (χ0) is 15.6. The van der Waals surface area contributed by atoms with Crippen LogP contribution in [0.1, 0.15) is 17.0 Å².